The van der Waals surface area contributed by atoms with Gasteiger partial charge < -0.3 is 4.57 Å². The first-order chi connectivity index (χ1) is 11.1. The summed E-state index contributed by atoms with van der Waals surface area (Å²) in [5.41, 5.74) is 7.31. The maximum atomic E-state index is 12.1. The van der Waals surface area contributed by atoms with Gasteiger partial charge in [-0.15, -0.1) is 0 Å². The Labute approximate surface area is 135 Å². The highest BCUT2D eigenvalue weighted by molar-refractivity contribution is 6.20. The molecule has 1 aromatic carbocycles. The quantitative estimate of drug-likeness (QED) is 0.927. The van der Waals surface area contributed by atoms with Gasteiger partial charge in [0.15, 0.2) is 0 Å². The molecule has 0 saturated carbocycles. The first-order valence-corrected chi connectivity index (χ1v) is 8.12. The lowest BCUT2D eigenvalue weighted by Crippen LogP contribution is -2.33. The number of aryl methyl sites for hydroxylation is 1. The second-order valence-corrected chi connectivity index (χ2v) is 6.76. The van der Waals surface area contributed by atoms with Gasteiger partial charge in [-0.2, -0.15) is 5.10 Å². The standard InChI is InChI=1S/C18H20N4O/c1-18(2)16(20-21-17(18)23)12-7-3-5-9-14(12)22-11-19-13-8-4-6-10-15(13)22/h3,5,7,9,11H,4,6,8,10H2,1-2H3,(H,21,23). The summed E-state index contributed by atoms with van der Waals surface area (Å²) in [6.07, 6.45) is 6.43. The van der Waals surface area contributed by atoms with Crippen molar-refractivity contribution in [2.24, 2.45) is 10.5 Å². The van der Waals surface area contributed by atoms with Gasteiger partial charge in [0, 0.05) is 11.3 Å². The number of hydrogen-bond acceptors (Lipinski definition) is 3. The molecule has 2 aliphatic rings. The van der Waals surface area contributed by atoms with E-state index >= 15 is 0 Å². The predicted molar refractivity (Wildman–Crippen MR) is 88.7 cm³/mol. The number of hydrazone groups is 1. The fraction of sp³-hybridized carbons (Fsp3) is 0.389. The molecule has 5 nitrogen and oxygen atoms in total. The molecule has 1 amide bonds. The zero-order chi connectivity index (χ0) is 16.0. The molecule has 0 radical (unpaired) electrons. The minimum absolute atomic E-state index is 0.0602. The van der Waals surface area contributed by atoms with Crippen molar-refractivity contribution in [3.63, 3.8) is 0 Å². The van der Waals surface area contributed by atoms with E-state index < -0.39 is 5.41 Å². The minimum atomic E-state index is -0.628. The Morgan fingerprint density at radius 3 is 2.74 bits per heavy atom. The molecule has 1 aromatic heterocycles. The van der Waals surface area contributed by atoms with E-state index in [1.54, 1.807) is 0 Å². The Morgan fingerprint density at radius 2 is 1.96 bits per heavy atom. The van der Waals surface area contributed by atoms with E-state index in [9.17, 15) is 4.79 Å². The van der Waals surface area contributed by atoms with Crippen LogP contribution in [0.1, 0.15) is 43.6 Å². The number of imidazole rings is 1. The van der Waals surface area contributed by atoms with Crippen LogP contribution < -0.4 is 5.43 Å². The smallest absolute Gasteiger partial charge is 0.251 e. The largest absolute Gasteiger partial charge is 0.302 e. The lowest BCUT2D eigenvalue weighted by molar-refractivity contribution is -0.125. The van der Waals surface area contributed by atoms with E-state index in [2.05, 4.69) is 26.1 Å². The van der Waals surface area contributed by atoms with Crippen molar-refractivity contribution in [1.82, 2.24) is 15.0 Å². The van der Waals surface area contributed by atoms with Crippen LogP contribution in [0.3, 0.4) is 0 Å². The molecule has 2 aromatic rings. The van der Waals surface area contributed by atoms with Crippen LogP contribution in [0.2, 0.25) is 0 Å². The number of nitrogens with zero attached hydrogens (tertiary/aromatic N) is 3. The number of fused-ring (bicyclic) bond motifs is 1. The van der Waals surface area contributed by atoms with Crippen molar-refractivity contribution in [1.29, 1.82) is 0 Å². The summed E-state index contributed by atoms with van der Waals surface area (Å²) in [6.45, 7) is 3.82. The van der Waals surface area contributed by atoms with Crippen LogP contribution in [0.15, 0.2) is 35.7 Å². The molecular weight excluding hydrogens is 288 g/mol. The van der Waals surface area contributed by atoms with Crippen molar-refractivity contribution in [3.05, 3.63) is 47.5 Å². The van der Waals surface area contributed by atoms with Crippen LogP contribution in [-0.2, 0) is 17.6 Å². The second kappa shape index (κ2) is 5.05. The molecule has 1 N–H and O–H groups in total. The van der Waals surface area contributed by atoms with Gasteiger partial charge in [0.05, 0.1) is 28.8 Å². The third-order valence-electron chi connectivity index (χ3n) is 4.88. The van der Waals surface area contributed by atoms with E-state index in [-0.39, 0.29) is 5.91 Å². The second-order valence-electron chi connectivity index (χ2n) is 6.76. The van der Waals surface area contributed by atoms with Crippen LogP contribution >= 0.6 is 0 Å². The molecule has 5 heteroatoms. The molecule has 0 spiro atoms. The molecule has 118 valence electrons. The number of carbonyl (C=O) groups is 1. The summed E-state index contributed by atoms with van der Waals surface area (Å²) in [5.74, 6) is -0.0602. The van der Waals surface area contributed by atoms with E-state index in [0.717, 1.165) is 29.8 Å². The highest BCUT2D eigenvalue weighted by atomic mass is 16.2. The zero-order valence-electron chi connectivity index (χ0n) is 13.5. The predicted octanol–water partition coefficient (Wildman–Crippen LogP) is 2.61. The minimum Gasteiger partial charge on any atom is -0.302 e. The Morgan fingerprint density at radius 1 is 1.17 bits per heavy atom. The molecule has 1 aliphatic heterocycles. The number of para-hydroxylation sites is 1. The SMILES string of the molecule is CC1(C)C(=O)NN=C1c1ccccc1-n1cnc2c1CCCC2. The zero-order valence-corrected chi connectivity index (χ0v) is 13.5. The Hall–Kier alpha value is -2.43. The summed E-state index contributed by atoms with van der Waals surface area (Å²) in [4.78, 5) is 16.7. The molecule has 0 unspecified atom stereocenters. The van der Waals surface area contributed by atoms with E-state index in [0.29, 0.717) is 0 Å². The van der Waals surface area contributed by atoms with Crippen molar-refractivity contribution < 1.29 is 4.79 Å². The van der Waals surface area contributed by atoms with Crippen molar-refractivity contribution in [2.75, 3.05) is 0 Å². The number of nitrogens with one attached hydrogen (secondary N) is 1. The Bertz CT molecular complexity index is 816. The number of hydrogen-bond donors (Lipinski definition) is 1. The molecule has 0 atom stereocenters. The molecule has 0 saturated heterocycles. The fourth-order valence-corrected chi connectivity index (χ4v) is 3.45. The molecule has 23 heavy (non-hydrogen) atoms. The van der Waals surface area contributed by atoms with Gasteiger partial charge in [-0.1, -0.05) is 18.2 Å². The van der Waals surface area contributed by atoms with Crippen molar-refractivity contribution >= 4 is 11.6 Å². The van der Waals surface area contributed by atoms with Crippen LogP contribution in [0, 0.1) is 5.41 Å². The molecule has 0 bridgehead atoms. The maximum absolute atomic E-state index is 12.1. The first-order valence-electron chi connectivity index (χ1n) is 8.12. The van der Waals surface area contributed by atoms with Crippen molar-refractivity contribution in [3.8, 4) is 5.69 Å². The van der Waals surface area contributed by atoms with Gasteiger partial charge in [0.25, 0.3) is 5.91 Å². The topological polar surface area (TPSA) is 59.3 Å². The van der Waals surface area contributed by atoms with Gasteiger partial charge in [-0.25, -0.2) is 10.4 Å². The van der Waals surface area contributed by atoms with Gasteiger partial charge in [0.2, 0.25) is 0 Å². The third-order valence-corrected chi connectivity index (χ3v) is 4.88. The maximum Gasteiger partial charge on any atom is 0.251 e. The molecular formula is C18H20N4O. The average molecular weight is 308 g/mol. The lowest BCUT2D eigenvalue weighted by atomic mass is 9.83. The average Bonchev–Trinajstić information content (AvgIpc) is 3.09. The number of amides is 1. The number of benzene rings is 1. The van der Waals surface area contributed by atoms with Gasteiger partial charge in [0.1, 0.15) is 0 Å². The first kappa shape index (κ1) is 14.2. The number of rotatable bonds is 2. The highest BCUT2D eigenvalue weighted by Crippen LogP contribution is 2.31. The number of aromatic nitrogens is 2. The summed E-state index contributed by atoms with van der Waals surface area (Å²) in [7, 11) is 0. The summed E-state index contributed by atoms with van der Waals surface area (Å²) in [6, 6.07) is 8.12. The van der Waals surface area contributed by atoms with E-state index in [1.165, 1.54) is 24.2 Å². The van der Waals surface area contributed by atoms with E-state index in [4.69, 9.17) is 0 Å². The molecule has 0 fully saturated rings. The monoisotopic (exact) mass is 308 g/mol. The number of carbonyl (C=O) groups excluding carboxylic acids is 1. The highest BCUT2D eigenvalue weighted by Gasteiger charge is 2.40. The normalized spacial score (nSPS) is 19.2. The molecule has 4 rings (SSSR count). The Kier molecular flexibility index (Phi) is 3.11. The van der Waals surface area contributed by atoms with Crippen LogP contribution in [0.5, 0.6) is 0 Å². The van der Waals surface area contributed by atoms with Crippen LogP contribution in [0.25, 0.3) is 5.69 Å². The van der Waals surface area contributed by atoms with Gasteiger partial charge in [-0.3, -0.25) is 4.79 Å². The third kappa shape index (κ3) is 2.11. The Balaban J connectivity index is 1.86. The summed E-state index contributed by atoms with van der Waals surface area (Å²) in [5, 5.41) is 4.31. The fourth-order valence-electron chi connectivity index (χ4n) is 3.45. The van der Waals surface area contributed by atoms with Gasteiger partial charge >= 0.3 is 0 Å². The molecule has 1 aliphatic carbocycles. The van der Waals surface area contributed by atoms with Crippen LogP contribution in [0.4, 0.5) is 0 Å². The summed E-state index contributed by atoms with van der Waals surface area (Å²) >= 11 is 0. The molecule has 2 heterocycles. The van der Waals surface area contributed by atoms with Crippen LogP contribution in [-0.4, -0.2) is 21.2 Å². The summed E-state index contributed by atoms with van der Waals surface area (Å²) < 4.78 is 2.17. The van der Waals surface area contributed by atoms with E-state index in [1.807, 2.05) is 38.4 Å². The lowest BCUT2D eigenvalue weighted by Gasteiger charge is -2.21. The van der Waals surface area contributed by atoms with Crippen molar-refractivity contribution in [2.45, 2.75) is 39.5 Å². The van der Waals surface area contributed by atoms with Gasteiger partial charge in [-0.05, 0) is 45.6 Å².